The molecule has 0 spiro atoms. The van der Waals surface area contributed by atoms with Crippen molar-refractivity contribution in [3.8, 4) is 0 Å². The number of carbonyl (C=O) groups is 1. The van der Waals surface area contributed by atoms with Crippen LogP contribution in [0.1, 0.15) is 15.9 Å². The minimum absolute atomic E-state index is 0.0106. The van der Waals surface area contributed by atoms with Gasteiger partial charge in [-0.1, -0.05) is 18.2 Å². The van der Waals surface area contributed by atoms with E-state index >= 15 is 0 Å². The van der Waals surface area contributed by atoms with Crippen molar-refractivity contribution in [3.63, 3.8) is 0 Å². The predicted molar refractivity (Wildman–Crippen MR) is 81.3 cm³/mol. The monoisotopic (exact) mass is 314 g/mol. The number of halogens is 1. The number of carboxylic acid groups (broad SMARTS) is 1. The van der Waals surface area contributed by atoms with Gasteiger partial charge in [-0.15, -0.1) is 0 Å². The molecule has 3 rings (SSSR count). The molecular weight excluding hydrogens is 303 g/mol. The highest BCUT2D eigenvalue weighted by Crippen LogP contribution is 2.14. The molecule has 1 heterocycles. The second-order valence-corrected chi connectivity index (χ2v) is 4.98. The molecule has 23 heavy (non-hydrogen) atoms. The van der Waals surface area contributed by atoms with Gasteiger partial charge in [0.05, 0.1) is 23.0 Å². The summed E-state index contributed by atoms with van der Waals surface area (Å²) in [5.74, 6) is -2.23. The van der Waals surface area contributed by atoms with Gasteiger partial charge in [0.1, 0.15) is 5.82 Å². The molecular formula is C16H11FN2O4. The SMILES string of the molecule is O=C(O)c1cc(Cn2c(=O)[nH]c(=O)c3ccccc32)ccc1F. The van der Waals surface area contributed by atoms with Crippen molar-refractivity contribution in [2.24, 2.45) is 0 Å². The fourth-order valence-corrected chi connectivity index (χ4v) is 2.42. The maximum absolute atomic E-state index is 13.4. The Hall–Kier alpha value is -3.22. The number of aromatic nitrogens is 2. The first-order chi connectivity index (χ1) is 11.0. The quantitative estimate of drug-likeness (QED) is 0.767. The number of rotatable bonds is 3. The van der Waals surface area contributed by atoms with Crippen LogP contribution in [0.4, 0.5) is 4.39 Å². The summed E-state index contributed by atoms with van der Waals surface area (Å²) in [6.45, 7) is 0.0106. The van der Waals surface area contributed by atoms with Crippen molar-refractivity contribution < 1.29 is 14.3 Å². The highest BCUT2D eigenvalue weighted by molar-refractivity contribution is 5.88. The summed E-state index contributed by atoms with van der Waals surface area (Å²) in [6.07, 6.45) is 0. The number of hydrogen-bond donors (Lipinski definition) is 2. The molecule has 0 saturated carbocycles. The highest BCUT2D eigenvalue weighted by Gasteiger charge is 2.12. The second kappa shape index (κ2) is 5.53. The fraction of sp³-hybridized carbons (Fsp3) is 0.0625. The lowest BCUT2D eigenvalue weighted by molar-refractivity contribution is 0.0691. The van der Waals surface area contributed by atoms with E-state index in [0.717, 1.165) is 6.07 Å². The molecule has 0 amide bonds. The second-order valence-electron chi connectivity index (χ2n) is 4.98. The number of para-hydroxylation sites is 1. The summed E-state index contributed by atoms with van der Waals surface area (Å²) in [4.78, 5) is 37.1. The topological polar surface area (TPSA) is 92.2 Å². The highest BCUT2D eigenvalue weighted by atomic mass is 19.1. The summed E-state index contributed by atoms with van der Waals surface area (Å²) >= 11 is 0. The summed E-state index contributed by atoms with van der Waals surface area (Å²) in [6, 6.07) is 10.2. The number of nitrogens with zero attached hydrogens (tertiary/aromatic N) is 1. The van der Waals surface area contributed by atoms with Gasteiger partial charge in [0.15, 0.2) is 0 Å². The minimum Gasteiger partial charge on any atom is -0.478 e. The predicted octanol–water partition coefficient (Wildman–Crippen LogP) is 1.58. The van der Waals surface area contributed by atoms with Crippen molar-refractivity contribution in [2.75, 3.05) is 0 Å². The number of benzene rings is 2. The van der Waals surface area contributed by atoms with E-state index < -0.39 is 28.6 Å². The van der Waals surface area contributed by atoms with Crippen LogP contribution in [0.5, 0.6) is 0 Å². The Kier molecular flexibility index (Phi) is 3.53. The molecule has 0 radical (unpaired) electrons. The molecule has 3 aromatic rings. The first-order valence-electron chi connectivity index (χ1n) is 6.71. The third kappa shape index (κ3) is 2.64. The first kappa shape index (κ1) is 14.7. The van der Waals surface area contributed by atoms with Crippen LogP contribution in [-0.4, -0.2) is 20.6 Å². The standard InChI is InChI=1S/C16H11FN2O4/c17-12-6-5-9(7-11(12)15(21)22)8-19-13-4-2-1-3-10(13)14(20)18-16(19)23/h1-7H,8H2,(H,21,22)(H,18,20,23). The number of aromatic amines is 1. The van der Waals surface area contributed by atoms with E-state index in [1.54, 1.807) is 24.3 Å². The molecule has 2 aromatic carbocycles. The lowest BCUT2D eigenvalue weighted by atomic mass is 10.1. The van der Waals surface area contributed by atoms with Crippen LogP contribution >= 0.6 is 0 Å². The zero-order valence-electron chi connectivity index (χ0n) is 11.7. The van der Waals surface area contributed by atoms with Gasteiger partial charge in [0.25, 0.3) is 5.56 Å². The van der Waals surface area contributed by atoms with Gasteiger partial charge >= 0.3 is 11.7 Å². The molecule has 7 heteroatoms. The number of nitrogens with one attached hydrogen (secondary N) is 1. The van der Waals surface area contributed by atoms with E-state index in [-0.39, 0.29) is 6.54 Å². The van der Waals surface area contributed by atoms with E-state index in [1.165, 1.54) is 16.7 Å². The van der Waals surface area contributed by atoms with E-state index in [1.807, 2.05) is 0 Å². The maximum atomic E-state index is 13.4. The zero-order chi connectivity index (χ0) is 16.6. The smallest absolute Gasteiger partial charge is 0.338 e. The fourth-order valence-electron chi connectivity index (χ4n) is 2.42. The van der Waals surface area contributed by atoms with E-state index in [4.69, 9.17) is 5.11 Å². The lowest BCUT2D eigenvalue weighted by Gasteiger charge is -2.10. The van der Waals surface area contributed by atoms with E-state index in [9.17, 15) is 18.8 Å². The molecule has 0 unspecified atom stereocenters. The van der Waals surface area contributed by atoms with Crippen molar-refractivity contribution >= 4 is 16.9 Å². The number of H-pyrrole nitrogens is 1. The number of carboxylic acids is 1. The molecule has 2 N–H and O–H groups in total. The molecule has 0 aliphatic rings. The molecule has 0 aliphatic heterocycles. The van der Waals surface area contributed by atoms with Gasteiger partial charge < -0.3 is 5.11 Å². The molecule has 0 fully saturated rings. The average Bonchev–Trinajstić information content (AvgIpc) is 2.52. The van der Waals surface area contributed by atoms with Crippen LogP contribution in [-0.2, 0) is 6.54 Å². The summed E-state index contributed by atoms with van der Waals surface area (Å²) in [5, 5.41) is 9.30. The summed E-state index contributed by atoms with van der Waals surface area (Å²) in [5.41, 5.74) is -0.725. The molecule has 0 bridgehead atoms. The zero-order valence-corrected chi connectivity index (χ0v) is 11.7. The van der Waals surface area contributed by atoms with Crippen LogP contribution in [0.2, 0.25) is 0 Å². The van der Waals surface area contributed by atoms with Gasteiger partial charge in [-0.2, -0.15) is 0 Å². The largest absolute Gasteiger partial charge is 0.478 e. The Morgan fingerprint density at radius 2 is 1.91 bits per heavy atom. The Morgan fingerprint density at radius 1 is 1.17 bits per heavy atom. The van der Waals surface area contributed by atoms with Crippen LogP contribution in [0.25, 0.3) is 10.9 Å². The Labute approximate surface area is 128 Å². The Balaban J connectivity index is 2.16. The van der Waals surface area contributed by atoms with Crippen molar-refractivity contribution in [1.29, 1.82) is 0 Å². The summed E-state index contributed by atoms with van der Waals surface area (Å²) in [7, 11) is 0. The molecule has 0 aliphatic carbocycles. The van der Waals surface area contributed by atoms with Crippen molar-refractivity contribution in [1.82, 2.24) is 9.55 Å². The van der Waals surface area contributed by atoms with Crippen LogP contribution in [0.3, 0.4) is 0 Å². The molecule has 1 aromatic heterocycles. The summed E-state index contributed by atoms with van der Waals surface area (Å²) < 4.78 is 14.7. The number of aromatic carboxylic acids is 1. The van der Waals surface area contributed by atoms with Crippen LogP contribution < -0.4 is 11.2 Å². The normalized spacial score (nSPS) is 10.8. The van der Waals surface area contributed by atoms with Crippen LogP contribution in [0.15, 0.2) is 52.1 Å². The van der Waals surface area contributed by atoms with E-state index in [2.05, 4.69) is 4.98 Å². The Morgan fingerprint density at radius 3 is 2.65 bits per heavy atom. The van der Waals surface area contributed by atoms with Gasteiger partial charge in [-0.05, 0) is 29.8 Å². The van der Waals surface area contributed by atoms with Gasteiger partial charge in [0.2, 0.25) is 0 Å². The lowest BCUT2D eigenvalue weighted by Crippen LogP contribution is -2.30. The van der Waals surface area contributed by atoms with Crippen molar-refractivity contribution in [2.45, 2.75) is 6.54 Å². The van der Waals surface area contributed by atoms with Gasteiger partial charge in [0, 0.05) is 0 Å². The van der Waals surface area contributed by atoms with E-state index in [0.29, 0.717) is 16.5 Å². The molecule has 116 valence electrons. The average molecular weight is 314 g/mol. The van der Waals surface area contributed by atoms with Crippen molar-refractivity contribution in [3.05, 3.63) is 80.2 Å². The molecule has 0 saturated heterocycles. The minimum atomic E-state index is -1.39. The first-order valence-corrected chi connectivity index (χ1v) is 6.71. The third-order valence-corrected chi connectivity index (χ3v) is 3.51. The van der Waals surface area contributed by atoms with Gasteiger partial charge in [-0.25, -0.2) is 14.0 Å². The van der Waals surface area contributed by atoms with Crippen LogP contribution in [0, 0.1) is 5.82 Å². The third-order valence-electron chi connectivity index (χ3n) is 3.51. The van der Waals surface area contributed by atoms with Gasteiger partial charge in [-0.3, -0.25) is 14.3 Å². The maximum Gasteiger partial charge on any atom is 0.338 e. The molecule has 0 atom stereocenters. The number of hydrogen-bond acceptors (Lipinski definition) is 3. The Bertz CT molecular complexity index is 1040. The molecule has 6 nitrogen and oxygen atoms in total. The number of fused-ring (bicyclic) bond motifs is 1.